The monoisotopic (exact) mass is 520 g/mol. The van der Waals surface area contributed by atoms with Crippen LogP contribution in [0.1, 0.15) is 56.7 Å². The van der Waals surface area contributed by atoms with Gasteiger partial charge in [-0.25, -0.2) is 0 Å². The number of aryl methyl sites for hydroxylation is 1. The van der Waals surface area contributed by atoms with Crippen LogP contribution in [0.15, 0.2) is 61.1 Å². The molecule has 0 saturated heterocycles. The van der Waals surface area contributed by atoms with Crippen molar-refractivity contribution in [3.05, 3.63) is 82.8 Å². The Balaban J connectivity index is 0.00000115. The van der Waals surface area contributed by atoms with Gasteiger partial charge in [0.2, 0.25) is 0 Å². The Hall–Kier alpha value is -3.76. The molecule has 0 spiro atoms. The fourth-order valence-electron chi connectivity index (χ4n) is 4.03. The summed E-state index contributed by atoms with van der Waals surface area (Å²) in [5.41, 5.74) is 5.92. The van der Waals surface area contributed by atoms with Crippen molar-refractivity contribution in [3.63, 3.8) is 0 Å². The van der Waals surface area contributed by atoms with E-state index in [2.05, 4.69) is 35.2 Å². The second-order valence-corrected chi connectivity index (χ2v) is 8.27. The molecule has 1 unspecified atom stereocenters. The number of hydrogen-bond donors (Lipinski definition) is 1. The lowest BCUT2D eigenvalue weighted by Gasteiger charge is -2.18. The molecule has 6 nitrogen and oxygen atoms in total. The number of nitriles is 1. The van der Waals surface area contributed by atoms with E-state index in [1.807, 2.05) is 68.0 Å². The maximum Gasteiger partial charge on any atom is 0.128 e. The van der Waals surface area contributed by atoms with Gasteiger partial charge in [-0.3, -0.25) is 19.0 Å². The molecule has 3 aromatic heterocycles. The first-order valence-electron chi connectivity index (χ1n) is 12.3. The van der Waals surface area contributed by atoms with Crippen LogP contribution in [-0.2, 0) is 7.05 Å². The highest BCUT2D eigenvalue weighted by Crippen LogP contribution is 2.40. The van der Waals surface area contributed by atoms with Gasteiger partial charge in [0.1, 0.15) is 17.6 Å². The molecule has 3 heterocycles. The van der Waals surface area contributed by atoms with Crippen LogP contribution >= 0.6 is 11.6 Å². The van der Waals surface area contributed by atoms with Gasteiger partial charge in [0, 0.05) is 54.3 Å². The molecule has 4 aromatic rings. The molecule has 0 amide bonds. The zero-order chi connectivity index (χ0) is 27.4. The first kappa shape index (κ1) is 29.5. The van der Waals surface area contributed by atoms with Gasteiger partial charge < -0.3 is 5.32 Å². The van der Waals surface area contributed by atoms with Gasteiger partial charge in [-0.2, -0.15) is 10.4 Å². The second-order valence-electron chi connectivity index (χ2n) is 7.87. The van der Waals surface area contributed by atoms with Crippen LogP contribution < -0.4 is 5.32 Å². The number of aromatic nitrogens is 4. The van der Waals surface area contributed by atoms with E-state index in [9.17, 15) is 9.65 Å². The summed E-state index contributed by atoms with van der Waals surface area (Å²) in [5, 5.41) is 18.4. The molecular weight excluding hydrogens is 487 g/mol. The van der Waals surface area contributed by atoms with E-state index in [4.69, 9.17) is 16.7 Å². The predicted molar refractivity (Wildman–Crippen MR) is 151 cm³/mol. The Labute approximate surface area is 224 Å². The number of hydrogen-bond acceptors (Lipinski definition) is 5. The molecule has 1 aromatic carbocycles. The Kier molecular flexibility index (Phi) is 11.7. The van der Waals surface area contributed by atoms with Gasteiger partial charge in [-0.05, 0) is 41.8 Å². The summed E-state index contributed by atoms with van der Waals surface area (Å²) in [6.07, 6.45) is 6.03. The van der Waals surface area contributed by atoms with E-state index in [1.54, 1.807) is 18.6 Å². The van der Waals surface area contributed by atoms with Crippen LogP contribution in [0.4, 0.5) is 10.2 Å². The summed E-state index contributed by atoms with van der Waals surface area (Å²) < 4.78 is 11.4. The minimum Gasteiger partial charge on any atom is -0.370 e. The maximum absolute atomic E-state index is 9.50. The van der Waals surface area contributed by atoms with Crippen molar-refractivity contribution in [1.82, 2.24) is 19.7 Å². The topological polar surface area (TPSA) is 79.4 Å². The fourth-order valence-corrected chi connectivity index (χ4v) is 4.38. The number of pyridine rings is 2. The maximum atomic E-state index is 9.50. The summed E-state index contributed by atoms with van der Waals surface area (Å²) in [4.78, 5) is 8.59. The van der Waals surface area contributed by atoms with Crippen molar-refractivity contribution >= 4 is 17.4 Å². The lowest BCUT2D eigenvalue weighted by molar-refractivity contribution is 0.636. The Morgan fingerprint density at radius 1 is 1.14 bits per heavy atom. The van der Waals surface area contributed by atoms with Gasteiger partial charge in [0.25, 0.3) is 0 Å². The number of rotatable bonds is 7. The van der Waals surface area contributed by atoms with Gasteiger partial charge >= 0.3 is 0 Å². The van der Waals surface area contributed by atoms with Crippen LogP contribution in [0.3, 0.4) is 0 Å². The number of alkyl halides is 1. The quantitative estimate of drug-likeness (QED) is 0.270. The highest BCUT2D eigenvalue weighted by atomic mass is 35.5. The molecule has 0 radical (unpaired) electrons. The van der Waals surface area contributed by atoms with Crippen molar-refractivity contribution in [2.75, 3.05) is 19.0 Å². The van der Waals surface area contributed by atoms with E-state index in [1.165, 1.54) is 0 Å². The number of benzene rings is 1. The minimum absolute atomic E-state index is 0.0375. The van der Waals surface area contributed by atoms with Crippen LogP contribution in [0, 0.1) is 11.3 Å². The van der Waals surface area contributed by atoms with Crippen molar-refractivity contribution in [3.8, 4) is 28.6 Å². The van der Waals surface area contributed by atoms with Crippen molar-refractivity contribution < 1.29 is 4.39 Å². The normalized spacial score (nSPS) is 10.8. The van der Waals surface area contributed by atoms with Gasteiger partial charge in [-0.1, -0.05) is 57.5 Å². The van der Waals surface area contributed by atoms with E-state index in [-0.39, 0.29) is 5.92 Å². The van der Waals surface area contributed by atoms with Crippen molar-refractivity contribution in [1.29, 1.82) is 5.26 Å². The van der Waals surface area contributed by atoms with E-state index >= 15 is 0 Å². The SMILES string of the molecule is CC.CCCNc1c(C(C)c2ccc(-c3ccncc3C#N)cc2Cl)c(-c2ccccn2)nn1C.CF. The number of nitrogens with zero attached hydrogens (tertiary/aromatic N) is 5. The summed E-state index contributed by atoms with van der Waals surface area (Å²) >= 11 is 6.82. The molecule has 0 saturated carbocycles. The van der Waals surface area contributed by atoms with Crippen LogP contribution in [0.25, 0.3) is 22.5 Å². The Bertz CT molecular complexity index is 1310. The largest absolute Gasteiger partial charge is 0.370 e. The third-order valence-corrected chi connectivity index (χ3v) is 6.01. The third kappa shape index (κ3) is 6.72. The molecule has 194 valence electrons. The highest BCUT2D eigenvalue weighted by Gasteiger charge is 2.25. The average molecular weight is 521 g/mol. The molecule has 4 rings (SSSR count). The van der Waals surface area contributed by atoms with Crippen LogP contribution in [0.2, 0.25) is 5.02 Å². The number of anilines is 1. The Morgan fingerprint density at radius 2 is 1.89 bits per heavy atom. The summed E-state index contributed by atoms with van der Waals surface area (Å²) in [6.45, 7) is 9.11. The molecule has 0 aliphatic rings. The standard InChI is InChI=1S/C26H25ClN6.C2H6.CH3F/c1-4-11-31-26-24(25(32-33(26)3)23-7-5-6-12-30-23)17(2)20-9-8-18(14-22(20)27)21-10-13-29-16-19(21)15-28;2*1-2/h5-10,12-14,16-17,31H,4,11H2,1-3H3;1-2H3;1H3. The number of halogens is 2. The van der Waals surface area contributed by atoms with Crippen molar-refractivity contribution in [2.24, 2.45) is 7.05 Å². The summed E-state index contributed by atoms with van der Waals surface area (Å²) in [5.74, 6) is 0.926. The zero-order valence-electron chi connectivity index (χ0n) is 22.3. The lowest BCUT2D eigenvalue weighted by Crippen LogP contribution is -2.09. The van der Waals surface area contributed by atoms with Gasteiger partial charge in [0.05, 0.1) is 18.4 Å². The van der Waals surface area contributed by atoms with E-state index in [0.717, 1.165) is 52.4 Å². The minimum atomic E-state index is -0.0375. The molecule has 0 bridgehead atoms. The van der Waals surface area contributed by atoms with Crippen molar-refractivity contribution in [2.45, 2.75) is 40.0 Å². The molecule has 0 fully saturated rings. The lowest BCUT2D eigenvalue weighted by atomic mass is 9.90. The van der Waals surface area contributed by atoms with E-state index in [0.29, 0.717) is 17.8 Å². The molecule has 1 N–H and O–H groups in total. The second kappa shape index (κ2) is 14.7. The molecule has 0 aliphatic heterocycles. The summed E-state index contributed by atoms with van der Waals surface area (Å²) in [6, 6.07) is 15.8. The molecule has 8 heteroatoms. The summed E-state index contributed by atoms with van der Waals surface area (Å²) in [7, 11) is 2.44. The average Bonchev–Trinajstić information content (AvgIpc) is 3.29. The molecular formula is C29H34ClFN6. The first-order chi connectivity index (χ1) is 18.0. The molecule has 0 aliphatic carbocycles. The van der Waals surface area contributed by atoms with Gasteiger partial charge in [-0.15, -0.1) is 0 Å². The highest BCUT2D eigenvalue weighted by molar-refractivity contribution is 6.31. The fraction of sp³-hybridized carbons (Fsp3) is 0.310. The van der Waals surface area contributed by atoms with E-state index < -0.39 is 0 Å². The predicted octanol–water partition coefficient (Wildman–Crippen LogP) is 7.65. The Morgan fingerprint density at radius 3 is 2.51 bits per heavy atom. The van der Waals surface area contributed by atoms with Crippen LogP contribution in [-0.4, -0.2) is 33.5 Å². The molecule has 37 heavy (non-hydrogen) atoms. The molecule has 1 atom stereocenters. The smallest absolute Gasteiger partial charge is 0.128 e. The number of nitrogens with one attached hydrogen (secondary N) is 1. The van der Waals surface area contributed by atoms with Crippen LogP contribution in [0.5, 0.6) is 0 Å². The zero-order valence-corrected chi connectivity index (χ0v) is 23.0. The van der Waals surface area contributed by atoms with Gasteiger partial charge in [0.15, 0.2) is 0 Å². The first-order valence-corrected chi connectivity index (χ1v) is 12.7. The third-order valence-electron chi connectivity index (χ3n) is 5.69.